The molecule has 0 fully saturated rings. The first-order valence-electron chi connectivity index (χ1n) is 10.7. The fourth-order valence-corrected chi connectivity index (χ4v) is 14.1. The second kappa shape index (κ2) is 15.8. The number of nitrogens with one attached hydrogen (secondary N) is 4. The highest BCUT2D eigenvalue weighted by Crippen LogP contribution is 2.35. The molecule has 0 atom stereocenters. The molecule has 0 aromatic heterocycles. The van der Waals surface area contributed by atoms with Gasteiger partial charge in [0.15, 0.2) is 0 Å². The summed E-state index contributed by atoms with van der Waals surface area (Å²) in [5, 5.41) is 34.6. The van der Waals surface area contributed by atoms with Crippen LogP contribution in [0.3, 0.4) is 0 Å². The van der Waals surface area contributed by atoms with Crippen LogP contribution >= 0.6 is 0 Å². The minimum Gasteiger partial charge on any atom is -0.212 e. The Kier molecular flexibility index (Phi) is 14.7. The number of rotatable bonds is 20. The van der Waals surface area contributed by atoms with Gasteiger partial charge in [0.2, 0.25) is 0 Å². The summed E-state index contributed by atoms with van der Waals surface area (Å²) >= 11 is 0. The van der Waals surface area contributed by atoms with E-state index in [0.29, 0.717) is 0 Å². The minimum absolute atomic E-state index is 0.202. The summed E-state index contributed by atoms with van der Waals surface area (Å²) in [4.78, 5) is 0. The molecule has 0 heterocycles. The van der Waals surface area contributed by atoms with Crippen molar-refractivity contribution in [3.63, 3.8) is 0 Å². The van der Waals surface area contributed by atoms with E-state index in [2.05, 4.69) is 0 Å². The summed E-state index contributed by atoms with van der Waals surface area (Å²) in [5.74, 6) is 0. The van der Waals surface area contributed by atoms with Crippen molar-refractivity contribution in [2.24, 2.45) is 0 Å². The topological polar surface area (TPSA) is 280 Å². The molecule has 16 nitrogen and oxygen atoms in total. The van der Waals surface area contributed by atoms with E-state index in [-0.39, 0.29) is 51.4 Å². The zero-order chi connectivity index (χ0) is 28.6. The predicted molar refractivity (Wildman–Crippen MR) is 130 cm³/mol. The van der Waals surface area contributed by atoms with Gasteiger partial charge in [0.05, 0.1) is 24.3 Å². The van der Waals surface area contributed by atoms with Crippen LogP contribution in [-0.4, -0.2) is 62.6 Å². The summed E-state index contributed by atoms with van der Waals surface area (Å²) in [7, 11) is -23.5. The number of sulfonamides is 4. The van der Waals surface area contributed by atoms with Crippen molar-refractivity contribution in [1.29, 1.82) is 21.0 Å². The normalized spacial score (nSPS) is 12.6. The molecule has 0 aromatic carbocycles. The minimum atomic E-state index is -5.87. The molecule has 0 aliphatic rings. The lowest BCUT2D eigenvalue weighted by Gasteiger charge is -2.32. The van der Waals surface area contributed by atoms with Crippen LogP contribution in [0.4, 0.5) is 0 Å². The summed E-state index contributed by atoms with van der Waals surface area (Å²) in [6, 6.07) is 6.79. The van der Waals surface area contributed by atoms with Gasteiger partial charge >= 0.3 is 2.74 Å². The maximum atomic E-state index is 13.4. The lowest BCUT2D eigenvalue weighted by atomic mass is 10.3. The molecule has 0 saturated heterocycles. The highest BCUT2D eigenvalue weighted by molar-refractivity contribution is 8.38. The molecule has 4 N–H and O–H groups in total. The molecule has 0 aliphatic carbocycles. The van der Waals surface area contributed by atoms with Crippen LogP contribution in [0, 0.1) is 45.3 Å². The lowest BCUT2D eigenvalue weighted by molar-refractivity contribution is 0.534. The van der Waals surface area contributed by atoms with E-state index in [1.54, 1.807) is 43.2 Å². The van der Waals surface area contributed by atoms with E-state index in [0.717, 1.165) is 0 Å². The van der Waals surface area contributed by atoms with E-state index in [9.17, 15) is 33.7 Å². The third-order valence-corrected chi connectivity index (χ3v) is 17.2. The summed E-state index contributed by atoms with van der Waals surface area (Å²) in [6.07, 6.45) is -1.67. The average Bonchev–Trinajstić information content (AvgIpc) is 2.79. The van der Waals surface area contributed by atoms with Gasteiger partial charge in [0.1, 0.15) is 0 Å². The Labute approximate surface area is 217 Å². The number of unbranched alkanes of at least 4 members (excludes halogenated alkanes) is 4. The van der Waals surface area contributed by atoms with Crippen LogP contribution in [0.5, 0.6) is 0 Å². The molecule has 0 saturated carbocycles. The van der Waals surface area contributed by atoms with Crippen LogP contribution in [0.25, 0.3) is 0 Å². The first kappa shape index (κ1) is 34.6. The molecular weight excluding hydrogens is 573 g/mol. The Balaban J connectivity index is 7.13. The van der Waals surface area contributed by atoms with E-state index >= 15 is 0 Å². The monoisotopic (exact) mass is 600 g/mol. The SMILES string of the molecule is N#CCCCNS(=O)(=O)C(S(=O)(=O)NCCCC#N)(S(=O)(=O)NCCCC#N)S(=O)(=O)NCCCC#N. The van der Waals surface area contributed by atoms with Gasteiger partial charge in [-0.3, -0.25) is 0 Å². The van der Waals surface area contributed by atoms with Crippen LogP contribution in [-0.2, 0) is 40.1 Å². The van der Waals surface area contributed by atoms with Gasteiger partial charge < -0.3 is 0 Å². The quantitative estimate of drug-likeness (QED) is 0.116. The molecule has 0 amide bonds. The van der Waals surface area contributed by atoms with Crippen molar-refractivity contribution in [1.82, 2.24) is 18.9 Å². The van der Waals surface area contributed by atoms with Crippen molar-refractivity contribution in [3.8, 4) is 24.3 Å². The second-order valence-electron chi connectivity index (χ2n) is 7.14. The van der Waals surface area contributed by atoms with Gasteiger partial charge in [0, 0.05) is 51.9 Å². The Morgan fingerprint density at radius 1 is 0.432 bits per heavy atom. The highest BCUT2D eigenvalue weighted by atomic mass is 32.4. The van der Waals surface area contributed by atoms with Crippen LogP contribution in [0.15, 0.2) is 0 Å². The van der Waals surface area contributed by atoms with Gasteiger partial charge in [-0.25, -0.2) is 52.6 Å². The van der Waals surface area contributed by atoms with Crippen LogP contribution < -0.4 is 18.9 Å². The van der Waals surface area contributed by atoms with Crippen molar-refractivity contribution >= 4 is 40.1 Å². The fraction of sp³-hybridized carbons (Fsp3) is 0.765. The largest absolute Gasteiger partial charge is 0.423 e. The maximum Gasteiger partial charge on any atom is 0.423 e. The van der Waals surface area contributed by atoms with E-state index in [1.807, 2.05) is 0 Å². The van der Waals surface area contributed by atoms with Gasteiger partial charge in [-0.1, -0.05) is 0 Å². The third kappa shape index (κ3) is 8.84. The predicted octanol–water partition coefficient (Wildman–Crippen LogP) is -1.51. The molecular formula is C17H28N8O8S4. The molecule has 0 rings (SSSR count). The van der Waals surface area contributed by atoms with Crippen LogP contribution in [0.2, 0.25) is 0 Å². The summed E-state index contributed by atoms with van der Waals surface area (Å²) < 4.78 is 109. The number of hydrogen-bond acceptors (Lipinski definition) is 12. The fourth-order valence-electron chi connectivity index (χ4n) is 2.72. The highest BCUT2D eigenvalue weighted by Gasteiger charge is 2.74. The Bertz CT molecular complexity index is 1140. The molecule has 37 heavy (non-hydrogen) atoms. The number of nitriles is 4. The molecule has 20 heteroatoms. The Hall–Kier alpha value is -2.40. The molecule has 0 spiro atoms. The van der Waals surface area contributed by atoms with Gasteiger partial charge in [-0.15, -0.1) is 0 Å². The van der Waals surface area contributed by atoms with Crippen molar-refractivity contribution in [3.05, 3.63) is 0 Å². The van der Waals surface area contributed by atoms with Gasteiger partial charge in [0.25, 0.3) is 40.1 Å². The van der Waals surface area contributed by atoms with Gasteiger partial charge in [-0.05, 0) is 25.7 Å². The second-order valence-corrected chi connectivity index (χ2v) is 16.3. The average molecular weight is 601 g/mol. The molecule has 0 unspecified atom stereocenters. The Morgan fingerprint density at radius 2 is 0.622 bits per heavy atom. The Morgan fingerprint density at radius 3 is 0.784 bits per heavy atom. The number of nitrogens with zero attached hydrogens (tertiary/aromatic N) is 4. The zero-order valence-electron chi connectivity index (χ0n) is 19.7. The first-order chi connectivity index (χ1) is 17.2. The summed E-state index contributed by atoms with van der Waals surface area (Å²) in [6.45, 7) is -2.68. The molecule has 0 aromatic rings. The van der Waals surface area contributed by atoms with Crippen molar-refractivity contribution < 1.29 is 33.7 Å². The maximum absolute atomic E-state index is 13.4. The summed E-state index contributed by atoms with van der Waals surface area (Å²) in [5.41, 5.74) is 0. The molecule has 0 aliphatic heterocycles. The number of hydrogen-bond donors (Lipinski definition) is 4. The van der Waals surface area contributed by atoms with E-state index < -0.39 is 69.0 Å². The smallest absolute Gasteiger partial charge is 0.212 e. The molecule has 0 bridgehead atoms. The lowest BCUT2D eigenvalue weighted by Crippen LogP contribution is -2.69. The van der Waals surface area contributed by atoms with E-state index in [4.69, 9.17) is 21.0 Å². The van der Waals surface area contributed by atoms with Crippen molar-refractivity contribution in [2.45, 2.75) is 54.1 Å². The van der Waals surface area contributed by atoms with Crippen LogP contribution in [0.1, 0.15) is 51.4 Å². The van der Waals surface area contributed by atoms with E-state index in [1.165, 1.54) is 0 Å². The first-order valence-corrected chi connectivity index (χ1v) is 16.6. The third-order valence-electron chi connectivity index (χ3n) is 4.35. The molecule has 208 valence electrons. The molecule has 0 radical (unpaired) electrons. The van der Waals surface area contributed by atoms with Gasteiger partial charge in [-0.2, -0.15) is 21.0 Å². The van der Waals surface area contributed by atoms with Crippen molar-refractivity contribution in [2.75, 3.05) is 26.2 Å². The standard InChI is InChI=1S/C17H28N8O8S4/c18-9-1-5-13-22-34(26,27)17(35(28,29)23-14-6-2-10-19,36(30,31)24-15-7-3-11-20)37(32,33)25-16-8-4-12-21/h22-25H,1-8,13-16H2. The zero-order valence-corrected chi connectivity index (χ0v) is 22.9.